The number of benzene rings is 3. The van der Waals surface area contributed by atoms with Crippen molar-refractivity contribution < 1.29 is 4.57 Å². The zero-order valence-electron chi connectivity index (χ0n) is 12.9. The molecule has 116 valence electrons. The van der Waals surface area contributed by atoms with Gasteiger partial charge in [0.1, 0.15) is 11.4 Å². The number of para-hydroxylation sites is 2. The van der Waals surface area contributed by atoms with Gasteiger partial charge in [0.2, 0.25) is 0 Å². The number of aromatic nitrogens is 3. The molecule has 0 aliphatic carbocycles. The summed E-state index contributed by atoms with van der Waals surface area (Å²) in [5.41, 5.74) is 3.05. The van der Waals surface area contributed by atoms with Crippen molar-refractivity contribution in [2.75, 3.05) is 0 Å². The molecule has 0 saturated carbocycles. The first kappa shape index (κ1) is 14.6. The molecule has 0 fully saturated rings. The highest BCUT2D eigenvalue weighted by atomic mass is 32.1. The van der Waals surface area contributed by atoms with E-state index in [0.29, 0.717) is 5.16 Å². The number of hydrogen-bond donors (Lipinski definition) is 0. The van der Waals surface area contributed by atoms with E-state index < -0.39 is 0 Å². The number of hydrogen-bond acceptors (Lipinski definition) is 2. The Hall–Kier alpha value is -2.98. The Morgan fingerprint density at radius 3 is 1.88 bits per heavy atom. The fraction of sp³-hybridized carbons (Fsp3) is 0. The summed E-state index contributed by atoms with van der Waals surface area (Å²) in [5.74, 6) is 0.943. The van der Waals surface area contributed by atoms with Crippen molar-refractivity contribution in [2.45, 2.75) is 5.16 Å². The van der Waals surface area contributed by atoms with Crippen LogP contribution < -0.4 is 4.57 Å². The second kappa shape index (κ2) is 6.26. The van der Waals surface area contributed by atoms with Crippen LogP contribution in [0, 0.1) is 0 Å². The first-order chi connectivity index (χ1) is 11.8. The lowest BCUT2D eigenvalue weighted by Crippen LogP contribution is -2.34. The summed E-state index contributed by atoms with van der Waals surface area (Å²) in [6.45, 7) is 0. The molecule has 4 rings (SSSR count). The molecule has 0 atom stereocenters. The van der Waals surface area contributed by atoms with Crippen molar-refractivity contribution in [1.29, 1.82) is 0 Å². The van der Waals surface area contributed by atoms with Gasteiger partial charge in [-0.1, -0.05) is 59.3 Å². The Kier molecular flexibility index (Phi) is 3.81. The molecule has 0 unspecified atom stereocenters. The highest BCUT2D eigenvalue weighted by molar-refractivity contribution is 7.58. The predicted octanol–water partition coefficient (Wildman–Crippen LogP) is 3.72. The molecular weight excluding hydrogens is 317 g/mol. The second-order valence-corrected chi connectivity index (χ2v) is 5.76. The molecule has 0 amide bonds. The molecule has 0 radical (unpaired) electrons. The average molecular weight is 332 g/mol. The van der Waals surface area contributed by atoms with Gasteiger partial charge in [-0.05, 0) is 36.4 Å². The molecule has 0 N–H and O–H groups in total. The van der Waals surface area contributed by atoms with Crippen LogP contribution in [0.15, 0.2) is 96.2 Å². The molecule has 24 heavy (non-hydrogen) atoms. The zero-order valence-corrected chi connectivity index (χ0v) is 13.7. The fourth-order valence-corrected chi connectivity index (χ4v) is 3.03. The van der Waals surface area contributed by atoms with Crippen LogP contribution in [0.5, 0.6) is 0 Å². The Morgan fingerprint density at radius 2 is 1.25 bits per heavy atom. The van der Waals surface area contributed by atoms with Gasteiger partial charge < -0.3 is 12.6 Å². The molecule has 1 heterocycles. The van der Waals surface area contributed by atoms with Gasteiger partial charge in [-0.2, -0.15) is 0 Å². The molecule has 0 aliphatic rings. The fourth-order valence-electron chi connectivity index (χ4n) is 2.76. The summed E-state index contributed by atoms with van der Waals surface area (Å²) in [7, 11) is 0. The molecular formula is C20H15N3S. The van der Waals surface area contributed by atoms with Crippen molar-refractivity contribution in [3.63, 3.8) is 0 Å². The van der Waals surface area contributed by atoms with Crippen LogP contribution in [-0.4, -0.2) is 9.78 Å². The molecule has 0 saturated heterocycles. The summed E-state index contributed by atoms with van der Waals surface area (Å²) in [5, 5.41) is 5.16. The van der Waals surface area contributed by atoms with Gasteiger partial charge in [0.15, 0.2) is 5.16 Å². The zero-order chi connectivity index (χ0) is 16.4. The Morgan fingerprint density at radius 1 is 0.708 bits per heavy atom. The van der Waals surface area contributed by atoms with Crippen LogP contribution in [-0.2, 0) is 12.6 Å². The minimum Gasteiger partial charge on any atom is -0.702 e. The first-order valence-electron chi connectivity index (χ1n) is 7.73. The Bertz CT molecular complexity index is 948. The second-order valence-electron chi connectivity index (χ2n) is 5.39. The summed E-state index contributed by atoms with van der Waals surface area (Å²) in [4.78, 5) is 0. The van der Waals surface area contributed by atoms with E-state index in [9.17, 15) is 0 Å². The van der Waals surface area contributed by atoms with Gasteiger partial charge in [0, 0.05) is 5.10 Å². The monoisotopic (exact) mass is 332 g/mol. The van der Waals surface area contributed by atoms with Gasteiger partial charge in [-0.15, -0.1) is 0 Å². The van der Waals surface area contributed by atoms with Crippen molar-refractivity contribution in [1.82, 2.24) is 9.78 Å². The van der Waals surface area contributed by atoms with E-state index in [1.165, 1.54) is 0 Å². The van der Waals surface area contributed by atoms with E-state index in [1.807, 2.05) is 88.1 Å². The van der Waals surface area contributed by atoms with Gasteiger partial charge in [-0.25, -0.2) is 4.57 Å². The molecule has 4 heteroatoms. The minimum absolute atomic E-state index is 0.531. The maximum absolute atomic E-state index is 5.57. The van der Waals surface area contributed by atoms with Crippen molar-refractivity contribution in [2.24, 2.45) is 0 Å². The molecule has 3 nitrogen and oxygen atoms in total. The topological polar surface area (TPSA) is 21.7 Å². The van der Waals surface area contributed by atoms with Gasteiger partial charge in [0.05, 0.1) is 5.56 Å². The summed E-state index contributed by atoms with van der Waals surface area (Å²) >= 11 is 5.57. The van der Waals surface area contributed by atoms with Gasteiger partial charge in [0.25, 0.3) is 5.82 Å². The minimum atomic E-state index is 0.531. The van der Waals surface area contributed by atoms with E-state index in [1.54, 1.807) is 0 Å². The smallest absolute Gasteiger partial charge is 0.277 e. The number of nitrogens with zero attached hydrogens (tertiary/aromatic N) is 3. The predicted molar refractivity (Wildman–Crippen MR) is 96.2 cm³/mol. The van der Waals surface area contributed by atoms with E-state index >= 15 is 0 Å². The van der Waals surface area contributed by atoms with Crippen molar-refractivity contribution in [3.8, 4) is 22.8 Å². The third kappa shape index (κ3) is 2.57. The third-order valence-corrected chi connectivity index (χ3v) is 4.10. The highest BCUT2D eigenvalue weighted by Crippen LogP contribution is 2.21. The SMILES string of the molecule is [S-]c1[15n][15n](-c2ccccc2)c(-c2ccccc2)[15n+]1-c1ccccc1. The molecule has 0 bridgehead atoms. The van der Waals surface area contributed by atoms with Crippen LogP contribution in [0.3, 0.4) is 0 Å². The van der Waals surface area contributed by atoms with E-state index in [-0.39, 0.29) is 0 Å². The van der Waals surface area contributed by atoms with Crippen LogP contribution in [0.2, 0.25) is 0 Å². The highest BCUT2D eigenvalue weighted by Gasteiger charge is 2.24. The molecule has 0 aliphatic heterocycles. The van der Waals surface area contributed by atoms with E-state index in [4.69, 9.17) is 12.6 Å². The largest absolute Gasteiger partial charge is 0.702 e. The lowest BCUT2D eigenvalue weighted by atomic mass is 10.2. The lowest BCUT2D eigenvalue weighted by molar-refractivity contribution is -0.625. The first-order valence-corrected chi connectivity index (χ1v) is 8.14. The maximum Gasteiger partial charge on any atom is 0.277 e. The Balaban J connectivity index is 2.03. The van der Waals surface area contributed by atoms with Crippen LogP contribution in [0.1, 0.15) is 0 Å². The normalized spacial score (nSPS) is 10.7. The molecule has 4 aromatic rings. The Labute approximate surface area is 146 Å². The molecule has 1 aromatic heterocycles. The summed E-state index contributed by atoms with van der Waals surface area (Å²) in [6.07, 6.45) is 0. The van der Waals surface area contributed by atoms with Gasteiger partial charge >= 0.3 is 0 Å². The third-order valence-electron chi connectivity index (χ3n) is 3.84. The van der Waals surface area contributed by atoms with Crippen LogP contribution in [0.4, 0.5) is 0 Å². The number of rotatable bonds is 3. The average Bonchev–Trinajstić information content (AvgIpc) is 3.01. The standard InChI is InChI=1S/C20H15N3S/c24-20-21-23(18-14-8-3-9-15-18)19(16-10-4-1-5-11-16)22(20)17-12-6-2-7-13-17/h1-15H/i21+1,22+1,23+1. The van der Waals surface area contributed by atoms with Crippen molar-refractivity contribution in [3.05, 3.63) is 91.0 Å². The van der Waals surface area contributed by atoms with E-state index in [2.05, 4.69) is 17.2 Å². The summed E-state index contributed by atoms with van der Waals surface area (Å²) < 4.78 is 3.92. The summed E-state index contributed by atoms with van der Waals surface area (Å²) in [6, 6.07) is 30.4. The van der Waals surface area contributed by atoms with Crippen LogP contribution >= 0.6 is 0 Å². The quantitative estimate of drug-likeness (QED) is 0.421. The van der Waals surface area contributed by atoms with E-state index in [0.717, 1.165) is 22.8 Å². The molecule has 0 spiro atoms. The van der Waals surface area contributed by atoms with Gasteiger partial charge in [-0.3, -0.25) is 0 Å². The van der Waals surface area contributed by atoms with Crippen molar-refractivity contribution >= 4 is 12.6 Å². The molecule has 3 aromatic carbocycles. The van der Waals surface area contributed by atoms with Crippen LogP contribution in [0.25, 0.3) is 22.8 Å². The lowest BCUT2D eigenvalue weighted by Gasteiger charge is -2.07. The maximum atomic E-state index is 5.57.